The molecule has 0 aliphatic rings. The molecule has 1 amide bonds. The van der Waals surface area contributed by atoms with Gasteiger partial charge >= 0.3 is 6.18 Å². The largest absolute Gasteiger partial charge is 0.482 e. The Kier molecular flexibility index (Phi) is 6.46. The number of alkyl halides is 3. The van der Waals surface area contributed by atoms with Crippen LogP contribution in [-0.4, -0.2) is 30.6 Å². The molecule has 134 valence electrons. The van der Waals surface area contributed by atoms with Crippen LogP contribution in [0, 0.1) is 0 Å². The lowest BCUT2D eigenvalue weighted by Crippen LogP contribution is -2.32. The Morgan fingerprint density at radius 1 is 1.16 bits per heavy atom. The molecule has 9 heteroatoms. The second-order valence-corrected chi connectivity index (χ2v) is 5.33. The molecule has 0 aliphatic carbocycles. The number of hydrogen-bond acceptors (Lipinski definition) is 4. The van der Waals surface area contributed by atoms with Crippen LogP contribution >= 0.6 is 11.6 Å². The van der Waals surface area contributed by atoms with Gasteiger partial charge in [0.2, 0.25) is 0 Å². The van der Waals surface area contributed by atoms with Crippen molar-refractivity contribution in [3.63, 3.8) is 0 Å². The minimum Gasteiger partial charge on any atom is -0.482 e. The van der Waals surface area contributed by atoms with Crippen LogP contribution in [0.25, 0.3) is 0 Å². The van der Waals surface area contributed by atoms with Crippen molar-refractivity contribution in [3.8, 4) is 5.75 Å². The Morgan fingerprint density at radius 2 is 1.92 bits per heavy atom. The Morgan fingerprint density at radius 3 is 2.56 bits per heavy atom. The fourth-order valence-corrected chi connectivity index (χ4v) is 2.01. The molecular formula is C16H15ClF3N3O2. The summed E-state index contributed by atoms with van der Waals surface area (Å²) in [6.45, 7) is 0.367. The van der Waals surface area contributed by atoms with Crippen molar-refractivity contribution in [2.45, 2.75) is 6.18 Å². The summed E-state index contributed by atoms with van der Waals surface area (Å²) in [5, 5.41) is 5.82. The Bertz CT molecular complexity index is 709. The number of ether oxygens (including phenoxy) is 1. The maximum atomic E-state index is 12.4. The van der Waals surface area contributed by atoms with Crippen LogP contribution in [0.3, 0.4) is 0 Å². The summed E-state index contributed by atoms with van der Waals surface area (Å²) in [5.74, 6) is 0.350. The summed E-state index contributed by atoms with van der Waals surface area (Å²) in [7, 11) is 0. The molecule has 2 aromatic rings. The van der Waals surface area contributed by atoms with Crippen molar-refractivity contribution in [2.75, 3.05) is 25.0 Å². The minimum absolute atomic E-state index is 0.192. The van der Waals surface area contributed by atoms with E-state index in [4.69, 9.17) is 16.3 Å². The van der Waals surface area contributed by atoms with E-state index in [1.54, 1.807) is 24.3 Å². The first-order valence-corrected chi connectivity index (χ1v) is 7.65. The molecule has 0 atom stereocenters. The Hall–Kier alpha value is -2.48. The SMILES string of the molecule is O=C(COc1ccccc1Cl)NCCNc1ccc(C(F)(F)F)cn1. The maximum absolute atomic E-state index is 12.4. The first-order valence-electron chi connectivity index (χ1n) is 7.27. The molecule has 25 heavy (non-hydrogen) atoms. The van der Waals surface area contributed by atoms with Crippen molar-refractivity contribution < 1.29 is 22.7 Å². The van der Waals surface area contributed by atoms with Crippen LogP contribution in [0.15, 0.2) is 42.6 Å². The first-order chi connectivity index (χ1) is 11.9. The molecular weight excluding hydrogens is 359 g/mol. The van der Waals surface area contributed by atoms with Gasteiger partial charge in [0.05, 0.1) is 10.6 Å². The highest BCUT2D eigenvalue weighted by Gasteiger charge is 2.30. The molecule has 1 aromatic heterocycles. The number of rotatable bonds is 7. The number of amides is 1. The number of hydrogen-bond donors (Lipinski definition) is 2. The summed E-state index contributed by atoms with van der Waals surface area (Å²) in [6.07, 6.45) is -3.67. The fraction of sp³-hybridized carbons (Fsp3) is 0.250. The number of carbonyl (C=O) groups is 1. The Balaban J connectivity index is 1.67. The third-order valence-electron chi connectivity index (χ3n) is 3.04. The van der Waals surface area contributed by atoms with Gasteiger partial charge in [-0.1, -0.05) is 23.7 Å². The molecule has 1 heterocycles. The molecule has 0 saturated carbocycles. The van der Waals surface area contributed by atoms with Crippen LogP contribution in [0.1, 0.15) is 5.56 Å². The average Bonchev–Trinajstić information content (AvgIpc) is 2.57. The van der Waals surface area contributed by atoms with Crippen molar-refractivity contribution in [1.29, 1.82) is 0 Å². The molecule has 2 N–H and O–H groups in total. The van der Waals surface area contributed by atoms with E-state index in [9.17, 15) is 18.0 Å². The molecule has 0 aliphatic heterocycles. The third-order valence-corrected chi connectivity index (χ3v) is 3.35. The van der Waals surface area contributed by atoms with Crippen LogP contribution in [0.4, 0.5) is 19.0 Å². The van der Waals surface area contributed by atoms with Gasteiger partial charge in [-0.25, -0.2) is 4.98 Å². The van der Waals surface area contributed by atoms with Gasteiger partial charge < -0.3 is 15.4 Å². The molecule has 0 saturated heterocycles. The predicted molar refractivity (Wildman–Crippen MR) is 87.7 cm³/mol. The monoisotopic (exact) mass is 373 g/mol. The van der Waals surface area contributed by atoms with Crippen LogP contribution < -0.4 is 15.4 Å². The standard InChI is InChI=1S/C16H15ClF3N3O2/c17-12-3-1-2-4-13(12)25-10-15(24)22-8-7-21-14-6-5-11(9-23-14)16(18,19)20/h1-6,9H,7-8,10H2,(H,21,23)(H,22,24). The van der Waals surface area contributed by atoms with E-state index in [-0.39, 0.29) is 24.9 Å². The zero-order chi connectivity index (χ0) is 18.3. The van der Waals surface area contributed by atoms with E-state index < -0.39 is 11.7 Å². The number of nitrogens with one attached hydrogen (secondary N) is 2. The normalized spacial score (nSPS) is 11.0. The van der Waals surface area contributed by atoms with Crippen molar-refractivity contribution in [3.05, 3.63) is 53.2 Å². The highest BCUT2D eigenvalue weighted by atomic mass is 35.5. The second kappa shape index (κ2) is 8.57. The molecule has 0 spiro atoms. The van der Waals surface area contributed by atoms with E-state index in [2.05, 4.69) is 15.6 Å². The number of nitrogens with zero attached hydrogens (tertiary/aromatic N) is 1. The quantitative estimate of drug-likeness (QED) is 0.730. The van der Waals surface area contributed by atoms with Crippen LogP contribution in [0.5, 0.6) is 5.75 Å². The highest BCUT2D eigenvalue weighted by molar-refractivity contribution is 6.32. The van der Waals surface area contributed by atoms with E-state index in [0.717, 1.165) is 12.3 Å². The Labute approximate surface area is 147 Å². The van der Waals surface area contributed by atoms with Gasteiger partial charge in [-0.2, -0.15) is 13.2 Å². The predicted octanol–water partition coefficient (Wildman–Crippen LogP) is 3.36. The van der Waals surface area contributed by atoms with Gasteiger partial charge in [0.15, 0.2) is 6.61 Å². The van der Waals surface area contributed by atoms with Crippen molar-refractivity contribution in [1.82, 2.24) is 10.3 Å². The zero-order valence-electron chi connectivity index (χ0n) is 12.9. The first kappa shape index (κ1) is 18.9. The van der Waals surface area contributed by atoms with Crippen molar-refractivity contribution >= 4 is 23.3 Å². The molecule has 0 fully saturated rings. The van der Waals surface area contributed by atoms with Gasteiger partial charge in [-0.3, -0.25) is 4.79 Å². The smallest absolute Gasteiger partial charge is 0.417 e. The maximum Gasteiger partial charge on any atom is 0.417 e. The average molecular weight is 374 g/mol. The van der Waals surface area contributed by atoms with Gasteiger partial charge in [-0.05, 0) is 24.3 Å². The second-order valence-electron chi connectivity index (χ2n) is 4.93. The number of aromatic nitrogens is 1. The van der Waals surface area contributed by atoms with E-state index in [0.29, 0.717) is 17.3 Å². The summed E-state index contributed by atoms with van der Waals surface area (Å²) in [6, 6.07) is 8.94. The number of pyridine rings is 1. The lowest BCUT2D eigenvalue weighted by molar-refractivity contribution is -0.137. The van der Waals surface area contributed by atoms with Gasteiger partial charge in [0, 0.05) is 19.3 Å². The van der Waals surface area contributed by atoms with E-state index >= 15 is 0 Å². The molecule has 0 bridgehead atoms. The van der Waals surface area contributed by atoms with Crippen LogP contribution in [-0.2, 0) is 11.0 Å². The summed E-state index contributed by atoms with van der Waals surface area (Å²) < 4.78 is 42.5. The fourth-order valence-electron chi connectivity index (χ4n) is 1.81. The number of anilines is 1. The number of halogens is 4. The number of benzene rings is 1. The van der Waals surface area contributed by atoms with Gasteiger partial charge in [0.25, 0.3) is 5.91 Å². The molecule has 5 nitrogen and oxygen atoms in total. The zero-order valence-corrected chi connectivity index (χ0v) is 13.7. The summed E-state index contributed by atoms with van der Waals surface area (Å²) in [4.78, 5) is 15.3. The lowest BCUT2D eigenvalue weighted by atomic mass is 10.3. The van der Waals surface area contributed by atoms with Gasteiger partial charge in [-0.15, -0.1) is 0 Å². The van der Waals surface area contributed by atoms with Gasteiger partial charge in [0.1, 0.15) is 11.6 Å². The number of para-hydroxylation sites is 1. The third kappa shape index (κ3) is 6.15. The molecule has 1 aromatic carbocycles. The van der Waals surface area contributed by atoms with Crippen molar-refractivity contribution in [2.24, 2.45) is 0 Å². The molecule has 0 unspecified atom stereocenters. The summed E-state index contributed by atoms with van der Waals surface area (Å²) in [5.41, 5.74) is -0.817. The lowest BCUT2D eigenvalue weighted by Gasteiger charge is -2.10. The minimum atomic E-state index is -4.42. The van der Waals surface area contributed by atoms with E-state index in [1.165, 1.54) is 6.07 Å². The molecule has 0 radical (unpaired) electrons. The topological polar surface area (TPSA) is 63.2 Å². The van der Waals surface area contributed by atoms with Crippen LogP contribution in [0.2, 0.25) is 5.02 Å². The highest BCUT2D eigenvalue weighted by Crippen LogP contribution is 2.28. The van der Waals surface area contributed by atoms with E-state index in [1.807, 2.05) is 0 Å². The summed E-state index contributed by atoms with van der Waals surface area (Å²) >= 11 is 5.90. The number of carbonyl (C=O) groups excluding carboxylic acids is 1. The molecule has 2 rings (SSSR count).